The van der Waals surface area contributed by atoms with E-state index in [0.717, 1.165) is 30.9 Å². The highest BCUT2D eigenvalue weighted by atomic mass is 16.5. The molecule has 0 heterocycles. The van der Waals surface area contributed by atoms with E-state index in [1.54, 1.807) is 0 Å². The maximum Gasteiger partial charge on any atom is 0.121 e. The van der Waals surface area contributed by atoms with E-state index in [2.05, 4.69) is 43.1 Å². The first-order valence-corrected chi connectivity index (χ1v) is 7.36. The second-order valence-electron chi connectivity index (χ2n) is 5.44. The summed E-state index contributed by atoms with van der Waals surface area (Å²) in [7, 11) is 2.15. The fraction of sp³-hybridized carbons (Fsp3) is 0.333. The van der Waals surface area contributed by atoms with Gasteiger partial charge in [0, 0.05) is 24.8 Å². The Labute approximate surface area is 127 Å². The molecule has 0 bridgehead atoms. The van der Waals surface area contributed by atoms with Crippen LogP contribution in [0.4, 0.5) is 5.69 Å². The fourth-order valence-electron chi connectivity index (χ4n) is 2.29. The maximum absolute atomic E-state index is 5.72. The van der Waals surface area contributed by atoms with Crippen molar-refractivity contribution in [3.63, 3.8) is 0 Å². The number of hydrogen-bond acceptors (Lipinski definition) is 3. The van der Waals surface area contributed by atoms with Gasteiger partial charge in [0.15, 0.2) is 0 Å². The third-order valence-electron chi connectivity index (χ3n) is 3.51. The first kappa shape index (κ1) is 15.4. The molecule has 0 atom stereocenters. The minimum absolute atomic E-state index is 0.710. The number of nitrogens with zero attached hydrogens (tertiary/aromatic N) is 1. The highest BCUT2D eigenvalue weighted by Gasteiger charge is 2.03. The molecule has 0 amide bonds. The van der Waals surface area contributed by atoms with Gasteiger partial charge in [-0.25, -0.2) is 0 Å². The highest BCUT2D eigenvalue weighted by Crippen LogP contribution is 2.14. The van der Waals surface area contributed by atoms with Crippen LogP contribution < -0.4 is 10.5 Å². The summed E-state index contributed by atoms with van der Waals surface area (Å²) in [6.07, 6.45) is 0.997. The number of benzene rings is 2. The lowest BCUT2D eigenvalue weighted by atomic mass is 10.1. The normalized spacial score (nSPS) is 10.8. The van der Waals surface area contributed by atoms with E-state index in [-0.39, 0.29) is 0 Å². The number of anilines is 1. The lowest BCUT2D eigenvalue weighted by Gasteiger charge is -2.18. The van der Waals surface area contributed by atoms with Crippen LogP contribution in [-0.2, 0) is 6.54 Å². The highest BCUT2D eigenvalue weighted by molar-refractivity contribution is 5.43. The average molecular weight is 284 g/mol. The van der Waals surface area contributed by atoms with Crippen molar-refractivity contribution in [2.45, 2.75) is 19.9 Å². The molecule has 2 N–H and O–H groups in total. The molecule has 0 spiro atoms. The molecule has 21 heavy (non-hydrogen) atoms. The Kier molecular flexibility index (Phi) is 5.64. The molecule has 0 aliphatic rings. The molecular formula is C18H24N2O. The fourth-order valence-corrected chi connectivity index (χ4v) is 2.29. The Morgan fingerprint density at radius 3 is 2.67 bits per heavy atom. The van der Waals surface area contributed by atoms with Gasteiger partial charge in [0.2, 0.25) is 0 Å². The largest absolute Gasteiger partial charge is 0.493 e. The number of aryl methyl sites for hydroxylation is 1. The van der Waals surface area contributed by atoms with Crippen LogP contribution in [0.2, 0.25) is 0 Å². The molecule has 0 saturated heterocycles. The van der Waals surface area contributed by atoms with Crippen molar-refractivity contribution in [3.05, 3.63) is 59.7 Å². The van der Waals surface area contributed by atoms with Crippen molar-refractivity contribution in [3.8, 4) is 5.75 Å². The van der Waals surface area contributed by atoms with Crippen LogP contribution in [0.5, 0.6) is 5.75 Å². The molecule has 2 aromatic carbocycles. The zero-order valence-corrected chi connectivity index (χ0v) is 12.9. The van der Waals surface area contributed by atoms with Gasteiger partial charge in [0.05, 0.1) is 6.61 Å². The average Bonchev–Trinajstić information content (AvgIpc) is 2.46. The van der Waals surface area contributed by atoms with Gasteiger partial charge in [0.25, 0.3) is 0 Å². The quantitative estimate of drug-likeness (QED) is 0.625. The van der Waals surface area contributed by atoms with Gasteiger partial charge < -0.3 is 15.4 Å². The molecule has 2 aromatic rings. The van der Waals surface area contributed by atoms with Gasteiger partial charge >= 0.3 is 0 Å². The molecule has 0 saturated carbocycles. The van der Waals surface area contributed by atoms with Crippen molar-refractivity contribution in [2.75, 3.05) is 25.9 Å². The summed E-state index contributed by atoms with van der Waals surface area (Å²) >= 11 is 0. The first-order valence-electron chi connectivity index (χ1n) is 7.36. The van der Waals surface area contributed by atoms with Crippen molar-refractivity contribution >= 4 is 5.69 Å². The van der Waals surface area contributed by atoms with Gasteiger partial charge in [-0.15, -0.1) is 0 Å². The molecule has 3 heteroatoms. The summed E-state index contributed by atoms with van der Waals surface area (Å²) < 4.78 is 5.70. The molecule has 0 aliphatic carbocycles. The molecular weight excluding hydrogens is 260 g/mol. The summed E-state index contributed by atoms with van der Waals surface area (Å²) in [5, 5.41) is 0. The minimum atomic E-state index is 0.710. The van der Waals surface area contributed by atoms with Gasteiger partial charge in [-0.05, 0) is 43.7 Å². The van der Waals surface area contributed by atoms with E-state index in [1.165, 1.54) is 11.1 Å². The van der Waals surface area contributed by atoms with Crippen LogP contribution in [0.3, 0.4) is 0 Å². The van der Waals surface area contributed by atoms with Crippen molar-refractivity contribution in [1.82, 2.24) is 4.90 Å². The van der Waals surface area contributed by atoms with Crippen molar-refractivity contribution in [1.29, 1.82) is 0 Å². The monoisotopic (exact) mass is 284 g/mol. The second-order valence-corrected chi connectivity index (χ2v) is 5.44. The Balaban J connectivity index is 1.70. The van der Waals surface area contributed by atoms with Gasteiger partial charge in [0.1, 0.15) is 5.75 Å². The molecule has 0 unspecified atom stereocenters. The summed E-state index contributed by atoms with van der Waals surface area (Å²) in [4.78, 5) is 2.32. The Morgan fingerprint density at radius 1 is 1.10 bits per heavy atom. The van der Waals surface area contributed by atoms with Crippen LogP contribution in [0, 0.1) is 6.92 Å². The van der Waals surface area contributed by atoms with E-state index >= 15 is 0 Å². The Morgan fingerprint density at radius 2 is 1.90 bits per heavy atom. The Bertz CT molecular complexity index is 569. The topological polar surface area (TPSA) is 38.5 Å². The standard InChI is InChI=1S/C18H24N2O/c1-15-7-3-4-8-16(15)14-20(2)11-6-12-21-18-10-5-9-17(19)13-18/h3-5,7-10,13H,6,11-12,14,19H2,1-2H3. The number of nitrogens with two attached hydrogens (primary N) is 1. The van der Waals surface area contributed by atoms with E-state index in [1.807, 2.05) is 24.3 Å². The zero-order chi connectivity index (χ0) is 15.1. The number of nitrogen functional groups attached to an aromatic ring is 1. The molecule has 0 radical (unpaired) electrons. The molecule has 0 fully saturated rings. The first-order chi connectivity index (χ1) is 10.1. The third kappa shape index (κ3) is 5.12. The van der Waals surface area contributed by atoms with E-state index in [9.17, 15) is 0 Å². The predicted octanol–water partition coefficient (Wildman–Crippen LogP) is 3.48. The van der Waals surface area contributed by atoms with Crippen LogP contribution in [0.25, 0.3) is 0 Å². The van der Waals surface area contributed by atoms with Crippen molar-refractivity contribution < 1.29 is 4.74 Å². The van der Waals surface area contributed by atoms with Crippen LogP contribution >= 0.6 is 0 Å². The van der Waals surface area contributed by atoms with Crippen LogP contribution in [0.15, 0.2) is 48.5 Å². The van der Waals surface area contributed by atoms with E-state index < -0.39 is 0 Å². The van der Waals surface area contributed by atoms with Gasteiger partial charge in [-0.1, -0.05) is 30.3 Å². The zero-order valence-electron chi connectivity index (χ0n) is 12.9. The molecule has 3 nitrogen and oxygen atoms in total. The smallest absolute Gasteiger partial charge is 0.121 e. The second kappa shape index (κ2) is 7.70. The molecule has 2 rings (SSSR count). The maximum atomic E-state index is 5.72. The lowest BCUT2D eigenvalue weighted by Crippen LogP contribution is -2.21. The van der Waals surface area contributed by atoms with E-state index in [4.69, 9.17) is 10.5 Å². The van der Waals surface area contributed by atoms with E-state index in [0.29, 0.717) is 6.61 Å². The number of rotatable bonds is 7. The molecule has 112 valence electrons. The SMILES string of the molecule is Cc1ccccc1CN(C)CCCOc1cccc(N)c1. The minimum Gasteiger partial charge on any atom is -0.493 e. The van der Waals surface area contributed by atoms with Gasteiger partial charge in [-0.3, -0.25) is 0 Å². The third-order valence-corrected chi connectivity index (χ3v) is 3.51. The van der Waals surface area contributed by atoms with Gasteiger partial charge in [-0.2, -0.15) is 0 Å². The Hall–Kier alpha value is -2.00. The summed E-state index contributed by atoms with van der Waals surface area (Å²) in [6, 6.07) is 16.1. The lowest BCUT2D eigenvalue weighted by molar-refractivity contribution is 0.258. The number of ether oxygens (including phenoxy) is 1. The summed E-state index contributed by atoms with van der Waals surface area (Å²) in [6.45, 7) is 4.86. The van der Waals surface area contributed by atoms with Crippen molar-refractivity contribution in [2.24, 2.45) is 0 Å². The van der Waals surface area contributed by atoms with Crippen LogP contribution in [-0.4, -0.2) is 25.1 Å². The molecule has 0 aromatic heterocycles. The predicted molar refractivity (Wildman–Crippen MR) is 88.5 cm³/mol. The van der Waals surface area contributed by atoms with Crippen LogP contribution in [0.1, 0.15) is 17.5 Å². The molecule has 0 aliphatic heterocycles. The summed E-state index contributed by atoms with van der Waals surface area (Å²) in [5.41, 5.74) is 9.20. The number of hydrogen-bond donors (Lipinski definition) is 1. The summed E-state index contributed by atoms with van der Waals surface area (Å²) in [5.74, 6) is 0.844.